The third-order valence-corrected chi connectivity index (χ3v) is 4.87. The molecule has 0 aliphatic carbocycles. The van der Waals surface area contributed by atoms with Gasteiger partial charge in [0.1, 0.15) is 17.0 Å². The number of benzene rings is 1. The van der Waals surface area contributed by atoms with Crippen LogP contribution in [0.4, 0.5) is 23.2 Å². The summed E-state index contributed by atoms with van der Waals surface area (Å²) in [4.78, 5) is 21.4. The van der Waals surface area contributed by atoms with Gasteiger partial charge in [0.25, 0.3) is 5.91 Å². The lowest BCUT2D eigenvalue weighted by atomic mass is 10.1. The summed E-state index contributed by atoms with van der Waals surface area (Å²) in [6.07, 6.45) is -1.37. The number of rotatable bonds is 5. The van der Waals surface area contributed by atoms with Crippen LogP contribution in [-0.4, -0.2) is 44.5 Å². The molecule has 0 bridgehead atoms. The number of hydrogen-bond acceptors (Lipinski definition) is 5. The average molecular weight is 435 g/mol. The van der Waals surface area contributed by atoms with Gasteiger partial charge >= 0.3 is 6.18 Å². The van der Waals surface area contributed by atoms with Crippen molar-refractivity contribution in [3.63, 3.8) is 0 Å². The van der Waals surface area contributed by atoms with Gasteiger partial charge in [-0.1, -0.05) is 6.58 Å². The van der Waals surface area contributed by atoms with E-state index in [1.165, 1.54) is 23.2 Å². The molecular weight excluding hydrogens is 418 g/mol. The van der Waals surface area contributed by atoms with Gasteiger partial charge in [0.2, 0.25) is 5.88 Å². The van der Waals surface area contributed by atoms with Crippen LogP contribution in [0.2, 0.25) is 0 Å². The summed E-state index contributed by atoms with van der Waals surface area (Å²) in [6.45, 7) is 3.50. The molecule has 3 heterocycles. The minimum atomic E-state index is -4.45. The summed E-state index contributed by atoms with van der Waals surface area (Å²) >= 11 is 0. The molecule has 7 nitrogen and oxygen atoms in total. The minimum absolute atomic E-state index is 0.135. The van der Waals surface area contributed by atoms with Gasteiger partial charge in [-0.25, -0.2) is 14.4 Å². The van der Waals surface area contributed by atoms with E-state index in [1.807, 2.05) is 0 Å². The summed E-state index contributed by atoms with van der Waals surface area (Å²) in [6, 6.07) is 4.05. The number of amides is 1. The molecule has 0 saturated carbocycles. The predicted molar refractivity (Wildman–Crippen MR) is 104 cm³/mol. The van der Waals surface area contributed by atoms with Crippen LogP contribution in [0.15, 0.2) is 49.2 Å². The maximum Gasteiger partial charge on any atom is 0.416 e. The zero-order valence-electron chi connectivity index (χ0n) is 16.3. The minimum Gasteiger partial charge on any atom is -0.437 e. The highest BCUT2D eigenvalue weighted by Crippen LogP contribution is 2.36. The van der Waals surface area contributed by atoms with Crippen molar-refractivity contribution in [3.8, 4) is 11.6 Å². The number of aryl methyl sites for hydroxylation is 1. The molecule has 0 radical (unpaired) electrons. The first kappa shape index (κ1) is 20.6. The molecule has 0 atom stereocenters. The number of hydrogen-bond donors (Lipinski definition) is 1. The van der Waals surface area contributed by atoms with Crippen molar-refractivity contribution in [3.05, 3.63) is 54.8 Å². The number of alkyl halides is 3. The molecule has 31 heavy (non-hydrogen) atoms. The van der Waals surface area contributed by atoms with Crippen LogP contribution in [0.25, 0.3) is 11.0 Å². The number of imidazole rings is 1. The number of nitrogens with zero attached hydrogens (tertiary/aromatic N) is 4. The number of carbonyl (C=O) groups is 1. The Balaban J connectivity index is 1.60. The molecule has 3 aromatic rings. The van der Waals surface area contributed by atoms with Crippen molar-refractivity contribution in [2.75, 3.05) is 18.4 Å². The summed E-state index contributed by atoms with van der Waals surface area (Å²) in [7, 11) is 1.77. The first-order chi connectivity index (χ1) is 14.6. The molecule has 1 fully saturated rings. The Hall–Kier alpha value is -3.63. The second kappa shape index (κ2) is 7.56. The maximum absolute atomic E-state index is 13.0. The fourth-order valence-corrected chi connectivity index (χ4v) is 3.28. The van der Waals surface area contributed by atoms with Crippen LogP contribution in [0, 0.1) is 0 Å². The standard InChI is InChI=1S/C20H17F4N5O2/c1-11(21)19(30)29-8-13(9-29)27-16-17-15(26-10-28(17)2)7-25-18(16)31-14-5-3-12(4-6-14)20(22,23)24/h3-7,10,13,27H,1,8-9H2,2H3. The lowest BCUT2D eigenvalue weighted by molar-refractivity contribution is -0.137. The monoisotopic (exact) mass is 435 g/mol. The number of nitrogens with one attached hydrogen (secondary N) is 1. The van der Waals surface area contributed by atoms with Gasteiger partial charge < -0.3 is 19.5 Å². The van der Waals surface area contributed by atoms with Gasteiger partial charge in [0, 0.05) is 20.1 Å². The second-order valence-corrected chi connectivity index (χ2v) is 7.11. The number of likely N-dealkylation sites (tertiary alicyclic amines) is 1. The van der Waals surface area contributed by atoms with E-state index in [0.29, 0.717) is 16.7 Å². The first-order valence-electron chi connectivity index (χ1n) is 9.19. The molecule has 1 amide bonds. The van der Waals surface area contributed by atoms with E-state index >= 15 is 0 Å². The first-order valence-corrected chi connectivity index (χ1v) is 9.19. The second-order valence-electron chi connectivity index (χ2n) is 7.11. The number of ether oxygens (including phenoxy) is 1. The van der Waals surface area contributed by atoms with E-state index in [0.717, 1.165) is 12.1 Å². The zero-order chi connectivity index (χ0) is 22.3. The number of carbonyl (C=O) groups excluding carboxylic acids is 1. The normalized spacial score (nSPS) is 14.4. The maximum atomic E-state index is 13.0. The van der Waals surface area contributed by atoms with E-state index in [4.69, 9.17) is 4.74 Å². The van der Waals surface area contributed by atoms with Crippen molar-refractivity contribution in [2.24, 2.45) is 7.05 Å². The van der Waals surface area contributed by atoms with Crippen molar-refractivity contribution < 1.29 is 27.1 Å². The van der Waals surface area contributed by atoms with Crippen molar-refractivity contribution in [1.29, 1.82) is 0 Å². The summed E-state index contributed by atoms with van der Waals surface area (Å²) in [5.41, 5.74) is 0.918. The molecular formula is C20H17F4N5O2. The Morgan fingerprint density at radius 3 is 2.52 bits per heavy atom. The predicted octanol–water partition coefficient (Wildman–Crippen LogP) is 3.89. The summed E-state index contributed by atoms with van der Waals surface area (Å²) in [5.74, 6) is -1.49. The zero-order valence-corrected chi connectivity index (χ0v) is 16.3. The molecule has 0 spiro atoms. The van der Waals surface area contributed by atoms with E-state index in [9.17, 15) is 22.4 Å². The third kappa shape index (κ3) is 4.03. The molecule has 2 aromatic heterocycles. The highest BCUT2D eigenvalue weighted by atomic mass is 19.4. The van der Waals surface area contributed by atoms with E-state index < -0.39 is 23.5 Å². The summed E-state index contributed by atoms with van der Waals surface area (Å²) < 4.78 is 58.9. The van der Waals surface area contributed by atoms with Gasteiger partial charge in [-0.15, -0.1) is 0 Å². The number of halogens is 4. The van der Waals surface area contributed by atoms with Crippen LogP contribution < -0.4 is 10.1 Å². The van der Waals surface area contributed by atoms with Crippen LogP contribution in [-0.2, 0) is 18.0 Å². The van der Waals surface area contributed by atoms with E-state index in [2.05, 4.69) is 21.9 Å². The number of anilines is 1. The molecule has 0 unspecified atom stereocenters. The average Bonchev–Trinajstić information content (AvgIpc) is 3.06. The molecule has 1 aliphatic rings. The van der Waals surface area contributed by atoms with E-state index in [-0.39, 0.29) is 30.8 Å². The van der Waals surface area contributed by atoms with Gasteiger partial charge in [-0.2, -0.15) is 13.2 Å². The number of pyridine rings is 1. The quantitative estimate of drug-likeness (QED) is 0.487. The van der Waals surface area contributed by atoms with Gasteiger partial charge in [0.05, 0.1) is 29.6 Å². The molecule has 1 aliphatic heterocycles. The summed E-state index contributed by atoms with van der Waals surface area (Å²) in [5, 5.41) is 3.22. The lowest BCUT2D eigenvalue weighted by Crippen LogP contribution is -2.57. The third-order valence-electron chi connectivity index (χ3n) is 4.87. The Bertz CT molecular complexity index is 1150. The van der Waals surface area contributed by atoms with Crippen LogP contribution in [0.3, 0.4) is 0 Å². The van der Waals surface area contributed by atoms with Crippen molar-refractivity contribution in [1.82, 2.24) is 19.4 Å². The number of aromatic nitrogens is 3. The van der Waals surface area contributed by atoms with Crippen molar-refractivity contribution in [2.45, 2.75) is 12.2 Å². The topological polar surface area (TPSA) is 72.3 Å². The lowest BCUT2D eigenvalue weighted by Gasteiger charge is -2.39. The Morgan fingerprint density at radius 1 is 1.23 bits per heavy atom. The smallest absolute Gasteiger partial charge is 0.416 e. The van der Waals surface area contributed by atoms with Gasteiger partial charge in [-0.05, 0) is 24.3 Å². The van der Waals surface area contributed by atoms with Gasteiger partial charge in [0.15, 0.2) is 5.83 Å². The van der Waals surface area contributed by atoms with Gasteiger partial charge in [-0.3, -0.25) is 4.79 Å². The highest BCUT2D eigenvalue weighted by Gasteiger charge is 2.33. The molecule has 1 N–H and O–H groups in total. The molecule has 162 valence electrons. The SMILES string of the molecule is C=C(F)C(=O)N1CC(Nc2c(Oc3ccc(C(F)(F)F)cc3)ncc3ncn(C)c23)C1. The van der Waals surface area contributed by atoms with E-state index in [1.54, 1.807) is 17.9 Å². The Labute approximate surface area is 173 Å². The van der Waals surface area contributed by atoms with Crippen LogP contribution in [0.1, 0.15) is 5.56 Å². The Kier molecular flexibility index (Phi) is 5.03. The highest BCUT2D eigenvalue weighted by molar-refractivity contribution is 5.93. The van der Waals surface area contributed by atoms with Crippen LogP contribution >= 0.6 is 0 Å². The Morgan fingerprint density at radius 2 is 1.90 bits per heavy atom. The molecule has 1 aromatic carbocycles. The molecule has 1 saturated heterocycles. The van der Waals surface area contributed by atoms with Crippen molar-refractivity contribution >= 4 is 22.6 Å². The molecule has 11 heteroatoms. The van der Waals surface area contributed by atoms with Crippen LogP contribution in [0.5, 0.6) is 11.6 Å². The largest absolute Gasteiger partial charge is 0.437 e. The fraction of sp³-hybridized carbons (Fsp3) is 0.250. The fourth-order valence-electron chi connectivity index (χ4n) is 3.28. The number of fused-ring (bicyclic) bond motifs is 1. The molecule has 4 rings (SSSR count).